The normalized spacial score (nSPS) is 16.9. The van der Waals surface area contributed by atoms with Crippen LogP contribution < -0.4 is 5.73 Å². The largest absolute Gasteiger partial charge is 0.331 e. The summed E-state index contributed by atoms with van der Waals surface area (Å²) in [4.78, 5) is 4.37. The third kappa shape index (κ3) is 1.88. The van der Waals surface area contributed by atoms with E-state index >= 15 is 0 Å². The number of hydrogen-bond donors (Lipinski definition) is 1. The lowest BCUT2D eigenvalue weighted by Gasteiger charge is -2.17. The maximum absolute atomic E-state index is 8.98. The van der Waals surface area contributed by atoms with Crippen molar-refractivity contribution in [2.75, 3.05) is 0 Å². The molecule has 1 atom stereocenters. The van der Waals surface area contributed by atoms with Crippen LogP contribution in [0.5, 0.6) is 0 Å². The average molecular weight is 204 g/mol. The molecule has 0 spiro atoms. The highest BCUT2D eigenvalue weighted by molar-refractivity contribution is 5.30. The molecule has 0 radical (unpaired) electrons. The Kier molecular flexibility index (Phi) is 2.74. The lowest BCUT2D eigenvalue weighted by Crippen LogP contribution is -2.22. The van der Waals surface area contributed by atoms with E-state index < -0.39 is 0 Å². The van der Waals surface area contributed by atoms with Crippen molar-refractivity contribution in [2.24, 2.45) is 5.73 Å². The van der Waals surface area contributed by atoms with Gasteiger partial charge < -0.3 is 10.3 Å². The number of fused-ring (bicyclic) bond motifs is 1. The molecule has 2 N–H and O–H groups in total. The molecule has 0 aromatic carbocycles. The zero-order valence-electron chi connectivity index (χ0n) is 9.03. The number of nitrogens with two attached hydrogens (primary N) is 1. The lowest BCUT2D eigenvalue weighted by atomic mass is 10.1. The SMILES string of the molecule is CC(N)Cc1nc(C#N)c2n1CCCC2. The molecule has 0 aliphatic carbocycles. The summed E-state index contributed by atoms with van der Waals surface area (Å²) in [5.41, 5.74) is 7.48. The van der Waals surface area contributed by atoms with Crippen LogP contribution >= 0.6 is 0 Å². The van der Waals surface area contributed by atoms with Gasteiger partial charge in [-0.05, 0) is 26.2 Å². The van der Waals surface area contributed by atoms with Crippen molar-refractivity contribution >= 4 is 0 Å². The molecule has 80 valence electrons. The van der Waals surface area contributed by atoms with Gasteiger partial charge >= 0.3 is 0 Å². The number of aromatic nitrogens is 2. The Hall–Kier alpha value is -1.34. The van der Waals surface area contributed by atoms with Crippen molar-refractivity contribution in [2.45, 2.75) is 45.2 Å². The van der Waals surface area contributed by atoms with Crippen LogP contribution in [0.25, 0.3) is 0 Å². The van der Waals surface area contributed by atoms with Gasteiger partial charge in [0.15, 0.2) is 5.69 Å². The molecular formula is C11H16N4. The molecule has 2 heterocycles. The third-order valence-corrected chi connectivity index (χ3v) is 2.81. The maximum Gasteiger partial charge on any atom is 0.161 e. The second kappa shape index (κ2) is 4.03. The Balaban J connectivity index is 2.39. The van der Waals surface area contributed by atoms with Gasteiger partial charge in [-0.2, -0.15) is 5.26 Å². The Morgan fingerprint density at radius 3 is 3.07 bits per heavy atom. The molecule has 1 aromatic heterocycles. The molecule has 4 nitrogen and oxygen atoms in total. The van der Waals surface area contributed by atoms with Crippen LogP contribution in [0, 0.1) is 11.3 Å². The summed E-state index contributed by atoms with van der Waals surface area (Å²) >= 11 is 0. The van der Waals surface area contributed by atoms with E-state index in [2.05, 4.69) is 15.6 Å². The number of nitrogens with zero attached hydrogens (tertiary/aromatic N) is 3. The van der Waals surface area contributed by atoms with Gasteiger partial charge in [0, 0.05) is 19.0 Å². The highest BCUT2D eigenvalue weighted by Crippen LogP contribution is 2.20. The van der Waals surface area contributed by atoms with Crippen LogP contribution in [0.3, 0.4) is 0 Å². The minimum absolute atomic E-state index is 0.102. The number of hydrogen-bond acceptors (Lipinski definition) is 3. The van der Waals surface area contributed by atoms with Crippen LogP contribution in [0.2, 0.25) is 0 Å². The van der Waals surface area contributed by atoms with E-state index in [1.165, 1.54) is 6.42 Å². The van der Waals surface area contributed by atoms with Gasteiger partial charge in [0.2, 0.25) is 0 Å². The molecule has 0 amide bonds. The molecule has 0 fully saturated rings. The molecule has 1 unspecified atom stereocenters. The first-order valence-electron chi connectivity index (χ1n) is 5.46. The first kappa shape index (κ1) is 10.2. The standard InChI is InChI=1S/C11H16N4/c1-8(13)6-11-14-9(7-12)10-4-2-3-5-15(10)11/h8H,2-6,13H2,1H3. The van der Waals surface area contributed by atoms with Gasteiger partial charge in [-0.1, -0.05) is 0 Å². The fourth-order valence-electron chi connectivity index (χ4n) is 2.15. The molecule has 1 aliphatic heterocycles. The van der Waals surface area contributed by atoms with E-state index in [4.69, 9.17) is 11.0 Å². The Morgan fingerprint density at radius 2 is 2.40 bits per heavy atom. The zero-order chi connectivity index (χ0) is 10.8. The van der Waals surface area contributed by atoms with E-state index in [1.807, 2.05) is 6.92 Å². The molecule has 0 saturated carbocycles. The topological polar surface area (TPSA) is 67.6 Å². The van der Waals surface area contributed by atoms with Crippen LogP contribution in [0.4, 0.5) is 0 Å². The predicted octanol–water partition coefficient (Wildman–Crippen LogP) is 0.981. The fraction of sp³-hybridized carbons (Fsp3) is 0.636. The van der Waals surface area contributed by atoms with Gasteiger partial charge in [-0.25, -0.2) is 4.98 Å². The number of nitriles is 1. The van der Waals surface area contributed by atoms with E-state index in [0.717, 1.165) is 37.3 Å². The molecule has 4 heteroatoms. The smallest absolute Gasteiger partial charge is 0.161 e. The summed E-state index contributed by atoms with van der Waals surface area (Å²) in [6.07, 6.45) is 4.09. The van der Waals surface area contributed by atoms with E-state index in [-0.39, 0.29) is 6.04 Å². The summed E-state index contributed by atoms with van der Waals surface area (Å²) in [7, 11) is 0. The molecule has 1 aliphatic rings. The van der Waals surface area contributed by atoms with Crippen LogP contribution in [0.15, 0.2) is 0 Å². The fourth-order valence-corrected chi connectivity index (χ4v) is 2.15. The predicted molar refractivity (Wildman–Crippen MR) is 57.2 cm³/mol. The molecule has 1 aromatic rings. The van der Waals surface area contributed by atoms with Gasteiger partial charge in [0.25, 0.3) is 0 Å². The summed E-state index contributed by atoms with van der Waals surface area (Å²) in [6, 6.07) is 2.28. The lowest BCUT2D eigenvalue weighted by molar-refractivity contribution is 0.506. The monoisotopic (exact) mass is 204 g/mol. The zero-order valence-corrected chi connectivity index (χ0v) is 9.03. The first-order valence-corrected chi connectivity index (χ1v) is 5.46. The Labute approximate surface area is 89.7 Å². The second-order valence-corrected chi connectivity index (χ2v) is 4.23. The van der Waals surface area contributed by atoms with Crippen molar-refractivity contribution in [3.8, 4) is 6.07 Å². The maximum atomic E-state index is 8.98. The minimum Gasteiger partial charge on any atom is -0.331 e. The molecule has 2 rings (SSSR count). The molecule has 0 saturated heterocycles. The van der Waals surface area contributed by atoms with Crippen LogP contribution in [-0.4, -0.2) is 15.6 Å². The summed E-state index contributed by atoms with van der Waals surface area (Å²) in [6.45, 7) is 2.96. The van der Waals surface area contributed by atoms with Crippen molar-refractivity contribution in [3.63, 3.8) is 0 Å². The summed E-state index contributed by atoms with van der Waals surface area (Å²) < 4.78 is 2.19. The van der Waals surface area contributed by atoms with E-state index in [1.54, 1.807) is 0 Å². The Bertz CT molecular complexity index is 397. The Morgan fingerprint density at radius 1 is 1.60 bits per heavy atom. The summed E-state index contributed by atoms with van der Waals surface area (Å²) in [5.74, 6) is 0.983. The quantitative estimate of drug-likeness (QED) is 0.780. The van der Waals surface area contributed by atoms with Crippen LogP contribution in [-0.2, 0) is 19.4 Å². The summed E-state index contributed by atoms with van der Waals surface area (Å²) in [5, 5.41) is 8.98. The molecule has 0 bridgehead atoms. The van der Waals surface area contributed by atoms with Gasteiger partial charge in [0.1, 0.15) is 11.9 Å². The molecule has 15 heavy (non-hydrogen) atoms. The highest BCUT2D eigenvalue weighted by atomic mass is 15.1. The van der Waals surface area contributed by atoms with Gasteiger partial charge in [0.05, 0.1) is 5.69 Å². The van der Waals surface area contributed by atoms with Crippen LogP contribution in [0.1, 0.15) is 37.0 Å². The van der Waals surface area contributed by atoms with Crippen molar-refractivity contribution in [1.82, 2.24) is 9.55 Å². The minimum atomic E-state index is 0.102. The molecular weight excluding hydrogens is 188 g/mol. The van der Waals surface area contributed by atoms with Crippen molar-refractivity contribution in [1.29, 1.82) is 5.26 Å². The van der Waals surface area contributed by atoms with Gasteiger partial charge in [-0.3, -0.25) is 0 Å². The van der Waals surface area contributed by atoms with Crippen molar-refractivity contribution < 1.29 is 0 Å². The number of imidazole rings is 1. The van der Waals surface area contributed by atoms with Crippen molar-refractivity contribution in [3.05, 3.63) is 17.2 Å². The average Bonchev–Trinajstić information content (AvgIpc) is 2.56. The highest BCUT2D eigenvalue weighted by Gasteiger charge is 2.19. The van der Waals surface area contributed by atoms with E-state index in [0.29, 0.717) is 5.69 Å². The van der Waals surface area contributed by atoms with Gasteiger partial charge in [-0.15, -0.1) is 0 Å². The first-order chi connectivity index (χ1) is 7.22. The second-order valence-electron chi connectivity index (χ2n) is 4.23. The van der Waals surface area contributed by atoms with E-state index in [9.17, 15) is 0 Å². The third-order valence-electron chi connectivity index (χ3n) is 2.81. The number of rotatable bonds is 2.